The highest BCUT2D eigenvalue weighted by molar-refractivity contribution is 5.49. The smallest absolute Gasteiger partial charge is 0.245 e. The summed E-state index contributed by atoms with van der Waals surface area (Å²) in [6.45, 7) is 0. The molecule has 0 spiro atoms. The Kier molecular flexibility index (Phi) is 2.40. The molecule has 1 aliphatic rings. The first-order chi connectivity index (χ1) is 6.70. The highest BCUT2D eigenvalue weighted by Crippen LogP contribution is 2.47. The van der Waals surface area contributed by atoms with Gasteiger partial charge in [0, 0.05) is 11.6 Å². The maximum Gasteiger partial charge on any atom is 0.245 e. The molecule has 2 rings (SSSR count). The molecule has 1 aliphatic carbocycles. The molecule has 0 saturated heterocycles. The molecule has 76 valence electrons. The summed E-state index contributed by atoms with van der Waals surface area (Å²) in [6.07, 6.45) is -0.487. The van der Waals surface area contributed by atoms with Gasteiger partial charge in [-0.25, -0.2) is 8.78 Å². The van der Waals surface area contributed by atoms with Crippen molar-refractivity contribution in [1.82, 2.24) is 0 Å². The van der Waals surface area contributed by atoms with Gasteiger partial charge in [0.2, 0.25) is 6.43 Å². The molecule has 1 saturated carbocycles. The fourth-order valence-electron chi connectivity index (χ4n) is 1.87. The number of hydrogen-bond acceptors (Lipinski definition) is 1. The molecule has 2 N–H and O–H groups in total. The average molecular weight is 197 g/mol. The van der Waals surface area contributed by atoms with Crippen LogP contribution in [-0.4, -0.2) is 6.43 Å². The Morgan fingerprint density at radius 1 is 1.21 bits per heavy atom. The first kappa shape index (κ1) is 9.44. The number of benzene rings is 1. The van der Waals surface area contributed by atoms with Crippen LogP contribution in [0.25, 0.3) is 0 Å². The molecule has 1 fully saturated rings. The van der Waals surface area contributed by atoms with Gasteiger partial charge in [0.15, 0.2) is 0 Å². The number of para-hydroxylation sites is 1. The summed E-state index contributed by atoms with van der Waals surface area (Å²) < 4.78 is 25.6. The van der Waals surface area contributed by atoms with E-state index in [-0.39, 0.29) is 5.92 Å². The van der Waals surface area contributed by atoms with Gasteiger partial charge < -0.3 is 5.73 Å². The highest BCUT2D eigenvalue weighted by atomic mass is 19.3. The second kappa shape index (κ2) is 3.56. The molecule has 0 amide bonds. The Balaban J connectivity index is 2.30. The third-order valence-electron chi connectivity index (χ3n) is 2.76. The number of rotatable bonds is 3. The van der Waals surface area contributed by atoms with Crippen LogP contribution in [0.2, 0.25) is 0 Å². The Morgan fingerprint density at radius 2 is 1.86 bits per heavy atom. The van der Waals surface area contributed by atoms with Crippen molar-refractivity contribution in [1.29, 1.82) is 0 Å². The van der Waals surface area contributed by atoms with Crippen molar-refractivity contribution in [2.24, 2.45) is 5.92 Å². The van der Waals surface area contributed by atoms with E-state index in [0.29, 0.717) is 11.3 Å². The topological polar surface area (TPSA) is 26.0 Å². The molecule has 3 heteroatoms. The predicted molar refractivity (Wildman–Crippen MR) is 52.3 cm³/mol. The quantitative estimate of drug-likeness (QED) is 0.740. The zero-order valence-corrected chi connectivity index (χ0v) is 7.79. The molecule has 0 bridgehead atoms. The van der Waals surface area contributed by atoms with E-state index in [2.05, 4.69) is 0 Å². The molecule has 1 nitrogen and oxygen atoms in total. The third kappa shape index (κ3) is 1.72. The Hall–Kier alpha value is -1.12. The molecular weight excluding hydrogens is 184 g/mol. The van der Waals surface area contributed by atoms with Crippen LogP contribution < -0.4 is 5.73 Å². The van der Waals surface area contributed by atoms with Crippen molar-refractivity contribution < 1.29 is 8.78 Å². The van der Waals surface area contributed by atoms with Crippen molar-refractivity contribution in [2.45, 2.75) is 25.2 Å². The Morgan fingerprint density at radius 3 is 2.36 bits per heavy atom. The van der Waals surface area contributed by atoms with E-state index < -0.39 is 12.3 Å². The van der Waals surface area contributed by atoms with E-state index in [4.69, 9.17) is 5.73 Å². The van der Waals surface area contributed by atoms with Crippen LogP contribution in [0, 0.1) is 5.92 Å². The number of anilines is 1. The molecule has 0 radical (unpaired) electrons. The van der Waals surface area contributed by atoms with Gasteiger partial charge in [-0.3, -0.25) is 0 Å². The first-order valence-corrected chi connectivity index (χ1v) is 4.82. The second-order valence-electron chi connectivity index (χ2n) is 3.83. The number of alkyl halides is 2. The summed E-state index contributed by atoms with van der Waals surface area (Å²) >= 11 is 0. The number of nitrogen functional groups attached to an aromatic ring is 1. The van der Waals surface area contributed by atoms with Crippen LogP contribution in [0.1, 0.15) is 24.3 Å². The fourth-order valence-corrected chi connectivity index (χ4v) is 1.87. The van der Waals surface area contributed by atoms with Gasteiger partial charge in [0.1, 0.15) is 0 Å². The highest BCUT2D eigenvalue weighted by Gasteiger charge is 2.38. The van der Waals surface area contributed by atoms with E-state index in [0.717, 1.165) is 12.8 Å². The van der Waals surface area contributed by atoms with Gasteiger partial charge >= 0.3 is 0 Å². The van der Waals surface area contributed by atoms with Crippen molar-refractivity contribution in [2.75, 3.05) is 5.73 Å². The molecule has 1 aromatic rings. The lowest BCUT2D eigenvalue weighted by Gasteiger charge is -2.17. The lowest BCUT2D eigenvalue weighted by atomic mass is 9.93. The lowest BCUT2D eigenvalue weighted by molar-refractivity contribution is 0.104. The molecule has 0 aromatic heterocycles. The van der Waals surface area contributed by atoms with Gasteiger partial charge in [0.05, 0.1) is 0 Å². The van der Waals surface area contributed by atoms with Crippen LogP contribution in [-0.2, 0) is 0 Å². The largest absolute Gasteiger partial charge is 0.398 e. The second-order valence-corrected chi connectivity index (χ2v) is 3.83. The van der Waals surface area contributed by atoms with Crippen LogP contribution in [0.15, 0.2) is 24.3 Å². The number of hydrogen-bond donors (Lipinski definition) is 1. The molecule has 0 aliphatic heterocycles. The fraction of sp³-hybridized carbons (Fsp3) is 0.455. The van der Waals surface area contributed by atoms with Crippen molar-refractivity contribution in [3.05, 3.63) is 29.8 Å². The zero-order chi connectivity index (χ0) is 10.1. The maximum atomic E-state index is 12.8. The number of halogens is 2. The third-order valence-corrected chi connectivity index (χ3v) is 2.76. The molecule has 1 aromatic carbocycles. The Bertz CT molecular complexity index is 319. The minimum Gasteiger partial charge on any atom is -0.398 e. The van der Waals surface area contributed by atoms with Crippen molar-refractivity contribution >= 4 is 5.69 Å². The van der Waals surface area contributed by atoms with Gasteiger partial charge in [0.25, 0.3) is 0 Å². The van der Waals surface area contributed by atoms with Gasteiger partial charge in [-0.05, 0) is 30.4 Å². The molecule has 0 heterocycles. The minimum atomic E-state index is -2.30. The summed E-state index contributed by atoms with van der Waals surface area (Å²) in [7, 11) is 0. The van der Waals surface area contributed by atoms with Crippen LogP contribution in [0.4, 0.5) is 14.5 Å². The summed E-state index contributed by atoms with van der Waals surface area (Å²) in [6, 6.07) is 6.94. The summed E-state index contributed by atoms with van der Waals surface area (Å²) in [5.41, 5.74) is 6.80. The van der Waals surface area contributed by atoms with Gasteiger partial charge in [-0.15, -0.1) is 0 Å². The summed E-state index contributed by atoms with van der Waals surface area (Å²) in [5, 5.41) is 0. The minimum absolute atomic E-state index is 0.139. The van der Waals surface area contributed by atoms with Gasteiger partial charge in [-0.2, -0.15) is 0 Å². The van der Waals surface area contributed by atoms with Crippen molar-refractivity contribution in [3.63, 3.8) is 0 Å². The monoisotopic (exact) mass is 197 g/mol. The lowest BCUT2D eigenvalue weighted by Crippen LogP contribution is -2.13. The summed E-state index contributed by atoms with van der Waals surface area (Å²) in [5.74, 6) is -0.518. The maximum absolute atomic E-state index is 12.8. The number of nitrogens with two attached hydrogens (primary N) is 1. The molecule has 1 atom stereocenters. The summed E-state index contributed by atoms with van der Waals surface area (Å²) in [4.78, 5) is 0. The average Bonchev–Trinajstić information content (AvgIpc) is 2.92. The standard InChI is InChI=1S/C11H13F2N/c12-11(13)10(7-5-6-7)8-3-1-2-4-9(8)14/h1-4,7,10-11H,5-6,14H2. The van der Waals surface area contributed by atoms with Crippen LogP contribution in [0.3, 0.4) is 0 Å². The van der Waals surface area contributed by atoms with E-state index >= 15 is 0 Å². The zero-order valence-electron chi connectivity index (χ0n) is 7.79. The normalized spacial score (nSPS) is 18.5. The molecular formula is C11H13F2N. The van der Waals surface area contributed by atoms with E-state index in [1.807, 2.05) is 0 Å². The van der Waals surface area contributed by atoms with E-state index in [1.165, 1.54) is 0 Å². The first-order valence-electron chi connectivity index (χ1n) is 4.82. The SMILES string of the molecule is Nc1ccccc1C(C(F)F)C1CC1. The van der Waals surface area contributed by atoms with E-state index in [1.54, 1.807) is 24.3 Å². The van der Waals surface area contributed by atoms with Crippen LogP contribution in [0.5, 0.6) is 0 Å². The van der Waals surface area contributed by atoms with Crippen LogP contribution >= 0.6 is 0 Å². The molecule has 14 heavy (non-hydrogen) atoms. The van der Waals surface area contributed by atoms with E-state index in [9.17, 15) is 8.78 Å². The molecule has 1 unspecified atom stereocenters. The predicted octanol–water partition coefficient (Wildman–Crippen LogP) is 3.03. The Labute approximate surface area is 81.9 Å². The van der Waals surface area contributed by atoms with Crippen molar-refractivity contribution in [3.8, 4) is 0 Å². The van der Waals surface area contributed by atoms with Gasteiger partial charge in [-0.1, -0.05) is 18.2 Å².